The molecule has 0 radical (unpaired) electrons. The summed E-state index contributed by atoms with van der Waals surface area (Å²) < 4.78 is 2.23. The van der Waals surface area contributed by atoms with Crippen molar-refractivity contribution in [2.24, 2.45) is 5.10 Å². The number of aryl methyl sites for hydroxylation is 3. The van der Waals surface area contributed by atoms with Gasteiger partial charge in [0.2, 0.25) is 4.77 Å². The second-order valence-corrected chi connectivity index (χ2v) is 6.29. The van der Waals surface area contributed by atoms with Gasteiger partial charge in [0.1, 0.15) is 0 Å². The molecule has 4 nitrogen and oxygen atoms in total. The van der Waals surface area contributed by atoms with Crippen molar-refractivity contribution in [2.45, 2.75) is 19.8 Å². The minimum atomic E-state index is 0.522. The van der Waals surface area contributed by atoms with Crippen LogP contribution >= 0.6 is 23.6 Å². The third-order valence-electron chi connectivity index (χ3n) is 3.39. The van der Waals surface area contributed by atoms with Crippen LogP contribution in [0.25, 0.3) is 0 Å². The molecule has 0 amide bonds. The molecule has 6 heteroatoms. The summed E-state index contributed by atoms with van der Waals surface area (Å²) in [6, 6.07) is 12.4. The smallest absolute Gasteiger partial charge is 0.216 e. The summed E-state index contributed by atoms with van der Waals surface area (Å²) in [5.41, 5.74) is 2.50. The predicted molar refractivity (Wildman–Crippen MR) is 93.3 cm³/mol. The highest BCUT2D eigenvalue weighted by Crippen LogP contribution is 2.13. The summed E-state index contributed by atoms with van der Waals surface area (Å²) in [6.45, 7) is 2.07. The van der Waals surface area contributed by atoms with E-state index in [0.717, 1.165) is 23.5 Å². The molecule has 0 aliphatic rings. The topological polar surface area (TPSA) is 46.0 Å². The van der Waals surface area contributed by atoms with Gasteiger partial charge >= 0.3 is 0 Å². The molecule has 0 bridgehead atoms. The lowest BCUT2D eigenvalue weighted by Crippen LogP contribution is -2.01. The Morgan fingerprint density at radius 1 is 1.27 bits per heavy atom. The zero-order chi connectivity index (χ0) is 15.4. The highest BCUT2D eigenvalue weighted by atomic mass is 32.1. The Kier molecular flexibility index (Phi) is 4.60. The minimum absolute atomic E-state index is 0.522. The Bertz CT molecular complexity index is 827. The van der Waals surface area contributed by atoms with E-state index >= 15 is 0 Å². The van der Waals surface area contributed by atoms with E-state index in [1.54, 1.807) is 16.0 Å². The van der Waals surface area contributed by atoms with E-state index in [0.29, 0.717) is 4.77 Å². The van der Waals surface area contributed by atoms with Crippen molar-refractivity contribution in [2.75, 3.05) is 0 Å². The molecule has 1 aromatic carbocycles. The first-order chi connectivity index (χ1) is 10.7. The maximum absolute atomic E-state index is 5.27. The highest BCUT2D eigenvalue weighted by molar-refractivity contribution is 7.71. The van der Waals surface area contributed by atoms with E-state index < -0.39 is 0 Å². The van der Waals surface area contributed by atoms with Crippen molar-refractivity contribution in [3.05, 3.63) is 68.4 Å². The molecule has 22 heavy (non-hydrogen) atoms. The van der Waals surface area contributed by atoms with Gasteiger partial charge in [-0.05, 0) is 48.1 Å². The molecular weight excluding hydrogens is 312 g/mol. The van der Waals surface area contributed by atoms with Gasteiger partial charge in [0.05, 0.1) is 11.1 Å². The average Bonchev–Trinajstić information content (AvgIpc) is 3.10. The number of H-pyrrole nitrogens is 1. The summed E-state index contributed by atoms with van der Waals surface area (Å²) in [5, 5.41) is 13.7. The third-order valence-corrected chi connectivity index (χ3v) is 4.61. The van der Waals surface area contributed by atoms with Crippen LogP contribution in [0.4, 0.5) is 0 Å². The van der Waals surface area contributed by atoms with Crippen LogP contribution in [0.1, 0.15) is 21.8 Å². The second-order valence-electron chi connectivity index (χ2n) is 4.95. The maximum Gasteiger partial charge on any atom is 0.216 e. The van der Waals surface area contributed by atoms with Gasteiger partial charge in [0, 0.05) is 6.42 Å². The standard InChI is InChI=1S/C16H16N4S2/c1-12-9-10-22-14(12)11-17-20-15(18-19-16(20)21)8-7-13-5-3-2-4-6-13/h2-6,9-11H,7-8H2,1H3,(H,19,21)/b17-11-. The van der Waals surface area contributed by atoms with Gasteiger partial charge < -0.3 is 0 Å². The van der Waals surface area contributed by atoms with Crippen molar-refractivity contribution in [1.82, 2.24) is 14.9 Å². The van der Waals surface area contributed by atoms with Crippen molar-refractivity contribution in [1.29, 1.82) is 0 Å². The van der Waals surface area contributed by atoms with Crippen LogP contribution in [0, 0.1) is 11.7 Å². The average molecular weight is 328 g/mol. The van der Waals surface area contributed by atoms with Gasteiger partial charge in [0.25, 0.3) is 0 Å². The number of hydrogen-bond acceptors (Lipinski definition) is 4. The Labute approximate surface area is 138 Å². The van der Waals surface area contributed by atoms with Crippen LogP contribution < -0.4 is 0 Å². The van der Waals surface area contributed by atoms with Crippen LogP contribution in [0.15, 0.2) is 46.9 Å². The Balaban J connectivity index is 1.78. The van der Waals surface area contributed by atoms with E-state index in [4.69, 9.17) is 12.2 Å². The summed E-state index contributed by atoms with van der Waals surface area (Å²) in [4.78, 5) is 1.14. The van der Waals surface area contributed by atoms with Crippen LogP contribution in [0.5, 0.6) is 0 Å². The zero-order valence-electron chi connectivity index (χ0n) is 12.2. The molecular formula is C16H16N4S2. The van der Waals surface area contributed by atoms with Gasteiger partial charge in [0.15, 0.2) is 5.82 Å². The van der Waals surface area contributed by atoms with Crippen LogP contribution in [-0.2, 0) is 12.8 Å². The number of nitrogens with zero attached hydrogens (tertiary/aromatic N) is 3. The quantitative estimate of drug-likeness (QED) is 0.569. The summed E-state index contributed by atoms with van der Waals surface area (Å²) in [5.74, 6) is 0.847. The fourth-order valence-electron chi connectivity index (χ4n) is 2.13. The molecule has 2 aromatic heterocycles. The first-order valence-electron chi connectivity index (χ1n) is 7.03. The normalized spacial score (nSPS) is 11.3. The van der Waals surface area contributed by atoms with Crippen molar-refractivity contribution >= 4 is 29.8 Å². The fourth-order valence-corrected chi connectivity index (χ4v) is 3.11. The molecule has 3 rings (SSSR count). The van der Waals surface area contributed by atoms with E-state index in [2.05, 4.69) is 45.8 Å². The first-order valence-corrected chi connectivity index (χ1v) is 8.31. The predicted octanol–water partition coefficient (Wildman–Crippen LogP) is 3.98. The van der Waals surface area contributed by atoms with E-state index in [9.17, 15) is 0 Å². The van der Waals surface area contributed by atoms with Crippen molar-refractivity contribution in [3.8, 4) is 0 Å². The van der Waals surface area contributed by atoms with Gasteiger partial charge in [-0.25, -0.2) is 0 Å². The minimum Gasteiger partial charge on any atom is -0.250 e. The molecule has 0 aliphatic carbocycles. The highest BCUT2D eigenvalue weighted by Gasteiger charge is 2.06. The summed E-state index contributed by atoms with van der Waals surface area (Å²) in [7, 11) is 0. The van der Waals surface area contributed by atoms with Crippen LogP contribution in [-0.4, -0.2) is 21.1 Å². The lowest BCUT2D eigenvalue weighted by molar-refractivity contribution is 0.750. The van der Waals surface area contributed by atoms with Gasteiger partial charge in [-0.2, -0.15) is 14.9 Å². The molecule has 2 heterocycles. The van der Waals surface area contributed by atoms with Crippen molar-refractivity contribution < 1.29 is 0 Å². The molecule has 0 atom stereocenters. The first kappa shape index (κ1) is 14.9. The van der Waals surface area contributed by atoms with Gasteiger partial charge in [-0.3, -0.25) is 5.10 Å². The molecule has 0 saturated carbocycles. The second kappa shape index (κ2) is 6.81. The van der Waals surface area contributed by atoms with E-state index in [1.165, 1.54) is 11.1 Å². The summed E-state index contributed by atoms with van der Waals surface area (Å²) in [6.07, 6.45) is 3.54. The van der Waals surface area contributed by atoms with E-state index in [1.807, 2.05) is 24.4 Å². The van der Waals surface area contributed by atoms with Crippen molar-refractivity contribution in [3.63, 3.8) is 0 Å². The van der Waals surface area contributed by atoms with Gasteiger partial charge in [-0.15, -0.1) is 11.3 Å². The number of benzene rings is 1. The number of thiophene rings is 1. The maximum atomic E-state index is 5.27. The molecule has 0 spiro atoms. The molecule has 0 saturated heterocycles. The number of rotatable bonds is 5. The number of aromatic amines is 1. The molecule has 1 N–H and O–H groups in total. The molecule has 0 fully saturated rings. The van der Waals surface area contributed by atoms with E-state index in [-0.39, 0.29) is 0 Å². The fraction of sp³-hybridized carbons (Fsp3) is 0.188. The number of aromatic nitrogens is 3. The number of hydrogen-bond donors (Lipinski definition) is 1. The zero-order valence-corrected chi connectivity index (χ0v) is 13.8. The Morgan fingerprint density at radius 3 is 2.82 bits per heavy atom. The lowest BCUT2D eigenvalue weighted by atomic mass is 10.1. The lowest BCUT2D eigenvalue weighted by Gasteiger charge is -2.01. The van der Waals surface area contributed by atoms with Crippen LogP contribution in [0.2, 0.25) is 0 Å². The Hall–Kier alpha value is -2.05. The molecule has 0 unspecified atom stereocenters. The summed E-state index contributed by atoms with van der Waals surface area (Å²) >= 11 is 6.93. The van der Waals surface area contributed by atoms with Crippen LogP contribution in [0.3, 0.4) is 0 Å². The molecule has 0 aliphatic heterocycles. The molecule has 112 valence electrons. The monoisotopic (exact) mass is 328 g/mol. The molecule has 3 aromatic rings. The Morgan fingerprint density at radius 2 is 2.09 bits per heavy atom. The van der Waals surface area contributed by atoms with Gasteiger partial charge in [-0.1, -0.05) is 30.3 Å². The SMILES string of the molecule is Cc1ccsc1/C=N\n1c(CCc2ccccc2)n[nH]c1=S. The number of nitrogens with one attached hydrogen (secondary N) is 1. The largest absolute Gasteiger partial charge is 0.250 e. The third kappa shape index (κ3) is 3.40.